The number of sulfone groups is 1. The van der Waals surface area contributed by atoms with Gasteiger partial charge in [-0.1, -0.05) is 20.3 Å². The molecule has 0 radical (unpaired) electrons. The standard InChI is InChI=1S/C11H25NO2S/c1-5-7-10(2)11(12-3)8-6-9-15(4,13)14/h10-12H,5-9H2,1-4H3. The van der Waals surface area contributed by atoms with Crippen molar-refractivity contribution in [1.29, 1.82) is 0 Å². The smallest absolute Gasteiger partial charge is 0.147 e. The summed E-state index contributed by atoms with van der Waals surface area (Å²) in [6, 6.07) is 0.451. The quantitative estimate of drug-likeness (QED) is 0.698. The molecular weight excluding hydrogens is 210 g/mol. The van der Waals surface area contributed by atoms with Crippen molar-refractivity contribution in [1.82, 2.24) is 5.32 Å². The maximum absolute atomic E-state index is 11.0. The van der Waals surface area contributed by atoms with Crippen LogP contribution in [-0.4, -0.2) is 33.5 Å². The first kappa shape index (κ1) is 14.9. The van der Waals surface area contributed by atoms with Crippen molar-refractivity contribution in [3.8, 4) is 0 Å². The molecule has 92 valence electrons. The lowest BCUT2D eigenvalue weighted by molar-refractivity contribution is 0.353. The van der Waals surface area contributed by atoms with Crippen molar-refractivity contribution in [3.05, 3.63) is 0 Å². The number of hydrogen-bond donors (Lipinski definition) is 1. The average molecular weight is 235 g/mol. The number of hydrogen-bond acceptors (Lipinski definition) is 3. The van der Waals surface area contributed by atoms with E-state index in [-0.39, 0.29) is 0 Å². The van der Waals surface area contributed by atoms with E-state index in [0.717, 1.165) is 12.8 Å². The molecule has 2 unspecified atom stereocenters. The van der Waals surface area contributed by atoms with Crippen molar-refractivity contribution in [2.75, 3.05) is 19.1 Å². The first-order chi connectivity index (χ1) is 6.90. The molecule has 15 heavy (non-hydrogen) atoms. The molecule has 0 amide bonds. The van der Waals surface area contributed by atoms with Crippen molar-refractivity contribution in [3.63, 3.8) is 0 Å². The largest absolute Gasteiger partial charge is 0.317 e. The Balaban J connectivity index is 3.90. The van der Waals surface area contributed by atoms with E-state index in [0.29, 0.717) is 17.7 Å². The van der Waals surface area contributed by atoms with Gasteiger partial charge in [0, 0.05) is 18.1 Å². The normalized spacial score (nSPS) is 16.3. The van der Waals surface area contributed by atoms with Crippen LogP contribution in [0.2, 0.25) is 0 Å². The molecule has 4 heteroatoms. The van der Waals surface area contributed by atoms with Crippen LogP contribution < -0.4 is 5.32 Å². The molecule has 1 N–H and O–H groups in total. The monoisotopic (exact) mass is 235 g/mol. The van der Waals surface area contributed by atoms with Crippen LogP contribution in [0.3, 0.4) is 0 Å². The van der Waals surface area contributed by atoms with Crippen molar-refractivity contribution >= 4 is 9.84 Å². The molecule has 0 spiro atoms. The topological polar surface area (TPSA) is 46.2 Å². The molecule has 2 atom stereocenters. The van der Waals surface area contributed by atoms with Crippen molar-refractivity contribution in [2.45, 2.75) is 45.6 Å². The maximum Gasteiger partial charge on any atom is 0.147 e. The van der Waals surface area contributed by atoms with E-state index >= 15 is 0 Å². The lowest BCUT2D eigenvalue weighted by Crippen LogP contribution is -2.32. The van der Waals surface area contributed by atoms with Crippen LogP contribution in [0, 0.1) is 5.92 Å². The van der Waals surface area contributed by atoms with Gasteiger partial charge in [-0.05, 0) is 32.2 Å². The van der Waals surface area contributed by atoms with E-state index < -0.39 is 9.84 Å². The lowest BCUT2D eigenvalue weighted by atomic mass is 9.94. The fourth-order valence-corrected chi connectivity index (χ4v) is 2.63. The van der Waals surface area contributed by atoms with E-state index in [4.69, 9.17) is 0 Å². The molecule has 0 aliphatic carbocycles. The van der Waals surface area contributed by atoms with E-state index in [1.54, 1.807) is 0 Å². The van der Waals surface area contributed by atoms with E-state index in [1.807, 2.05) is 7.05 Å². The molecule has 0 bridgehead atoms. The second-order valence-corrected chi connectivity index (χ2v) is 6.69. The molecule has 0 aromatic rings. The Bertz CT molecular complexity index is 249. The molecule has 0 aromatic heterocycles. The molecule has 0 saturated carbocycles. The Kier molecular flexibility index (Phi) is 7.18. The molecule has 0 fully saturated rings. The Morgan fingerprint density at radius 3 is 2.27 bits per heavy atom. The maximum atomic E-state index is 11.0. The molecule has 3 nitrogen and oxygen atoms in total. The summed E-state index contributed by atoms with van der Waals surface area (Å²) in [6.07, 6.45) is 5.40. The average Bonchev–Trinajstić information content (AvgIpc) is 2.11. The zero-order valence-corrected chi connectivity index (χ0v) is 11.2. The number of rotatable bonds is 8. The van der Waals surface area contributed by atoms with Crippen molar-refractivity contribution < 1.29 is 8.42 Å². The highest BCUT2D eigenvalue weighted by molar-refractivity contribution is 7.90. The van der Waals surface area contributed by atoms with Crippen molar-refractivity contribution in [2.24, 2.45) is 5.92 Å². The fraction of sp³-hybridized carbons (Fsp3) is 1.00. The summed E-state index contributed by atoms with van der Waals surface area (Å²) in [6.45, 7) is 4.41. The highest BCUT2D eigenvalue weighted by atomic mass is 32.2. The molecule has 0 saturated heterocycles. The molecule has 0 aliphatic rings. The van der Waals surface area contributed by atoms with Gasteiger partial charge < -0.3 is 5.32 Å². The van der Waals surface area contributed by atoms with Gasteiger partial charge in [0.2, 0.25) is 0 Å². The van der Waals surface area contributed by atoms with E-state index in [2.05, 4.69) is 19.2 Å². The third-order valence-electron chi connectivity index (χ3n) is 2.83. The van der Waals surface area contributed by atoms with Gasteiger partial charge in [0.25, 0.3) is 0 Å². The first-order valence-electron chi connectivity index (χ1n) is 5.75. The molecular formula is C11H25NO2S. The van der Waals surface area contributed by atoms with Gasteiger partial charge >= 0.3 is 0 Å². The van der Waals surface area contributed by atoms with Crippen LogP contribution >= 0.6 is 0 Å². The summed E-state index contributed by atoms with van der Waals surface area (Å²) >= 11 is 0. The zero-order chi connectivity index (χ0) is 11.9. The van der Waals surface area contributed by atoms with Gasteiger partial charge in [0.15, 0.2) is 0 Å². The van der Waals surface area contributed by atoms with Crippen LogP contribution in [0.4, 0.5) is 0 Å². The predicted octanol–water partition coefficient (Wildman–Crippen LogP) is 1.84. The Morgan fingerprint density at radius 1 is 1.27 bits per heavy atom. The fourth-order valence-electron chi connectivity index (χ4n) is 1.94. The summed E-state index contributed by atoms with van der Waals surface area (Å²) < 4.78 is 22.0. The van der Waals surface area contributed by atoms with Gasteiger partial charge in [0.1, 0.15) is 9.84 Å². The summed E-state index contributed by atoms with van der Waals surface area (Å²) in [5.41, 5.74) is 0. The highest BCUT2D eigenvalue weighted by Crippen LogP contribution is 2.15. The minimum absolute atomic E-state index is 0.310. The summed E-state index contributed by atoms with van der Waals surface area (Å²) in [4.78, 5) is 0. The first-order valence-corrected chi connectivity index (χ1v) is 7.81. The summed E-state index contributed by atoms with van der Waals surface area (Å²) in [7, 11) is -0.838. The van der Waals surface area contributed by atoms with Gasteiger partial charge in [-0.2, -0.15) is 0 Å². The molecule has 0 aromatic carbocycles. The Labute approximate surface area is 94.6 Å². The second kappa shape index (κ2) is 7.23. The third kappa shape index (κ3) is 7.79. The highest BCUT2D eigenvalue weighted by Gasteiger charge is 2.14. The van der Waals surface area contributed by atoms with Gasteiger partial charge in [-0.15, -0.1) is 0 Å². The number of nitrogens with one attached hydrogen (secondary N) is 1. The van der Waals surface area contributed by atoms with Gasteiger partial charge in [0.05, 0.1) is 0 Å². The van der Waals surface area contributed by atoms with Crippen LogP contribution in [0.15, 0.2) is 0 Å². The Hall–Kier alpha value is -0.0900. The molecule has 0 rings (SSSR count). The van der Waals surface area contributed by atoms with Gasteiger partial charge in [-0.3, -0.25) is 0 Å². The lowest BCUT2D eigenvalue weighted by Gasteiger charge is -2.23. The van der Waals surface area contributed by atoms with Crippen LogP contribution in [0.5, 0.6) is 0 Å². The minimum atomic E-state index is -2.79. The zero-order valence-electron chi connectivity index (χ0n) is 10.4. The van der Waals surface area contributed by atoms with Crippen LogP contribution in [0.25, 0.3) is 0 Å². The molecule has 0 aliphatic heterocycles. The van der Waals surface area contributed by atoms with Crippen LogP contribution in [-0.2, 0) is 9.84 Å². The predicted molar refractivity (Wildman–Crippen MR) is 65.9 cm³/mol. The summed E-state index contributed by atoms with van der Waals surface area (Å²) in [5, 5.41) is 3.28. The molecule has 0 heterocycles. The second-order valence-electron chi connectivity index (χ2n) is 4.43. The van der Waals surface area contributed by atoms with Gasteiger partial charge in [-0.25, -0.2) is 8.42 Å². The SMILES string of the molecule is CCCC(C)C(CCCS(C)(=O)=O)NC. The Morgan fingerprint density at radius 2 is 1.87 bits per heavy atom. The van der Waals surface area contributed by atoms with Crippen LogP contribution in [0.1, 0.15) is 39.5 Å². The van der Waals surface area contributed by atoms with E-state index in [9.17, 15) is 8.42 Å². The minimum Gasteiger partial charge on any atom is -0.317 e. The van der Waals surface area contributed by atoms with E-state index in [1.165, 1.54) is 19.1 Å². The summed E-state index contributed by atoms with van der Waals surface area (Å²) in [5.74, 6) is 0.934. The third-order valence-corrected chi connectivity index (χ3v) is 3.86.